The lowest BCUT2D eigenvalue weighted by Gasteiger charge is -2.32. The highest BCUT2D eigenvalue weighted by atomic mass is 16.7. The van der Waals surface area contributed by atoms with Crippen molar-refractivity contribution >= 4 is 34.1 Å². The molecular weight excluding hydrogens is 547 g/mol. The van der Waals surface area contributed by atoms with Crippen LogP contribution >= 0.6 is 0 Å². The predicted octanol–water partition coefficient (Wildman–Crippen LogP) is 11.1. The van der Waals surface area contributed by atoms with Gasteiger partial charge in [0.25, 0.3) is 0 Å². The van der Waals surface area contributed by atoms with Gasteiger partial charge in [-0.1, -0.05) is 126 Å². The summed E-state index contributed by atoms with van der Waals surface area (Å²) in [7, 11) is -0.471. The second kappa shape index (κ2) is 10.4. The summed E-state index contributed by atoms with van der Waals surface area (Å²) in [5, 5.41) is 4.92. The van der Waals surface area contributed by atoms with E-state index in [0.717, 1.165) is 5.46 Å². The Bertz CT molecular complexity index is 1660. The molecule has 1 aliphatic heterocycles. The quantitative estimate of drug-likeness (QED) is 0.167. The van der Waals surface area contributed by atoms with Crippen molar-refractivity contribution in [1.29, 1.82) is 0 Å². The molecule has 0 radical (unpaired) electrons. The average molecular weight is 605 g/mol. The first-order valence-electron chi connectivity index (χ1n) is 16.9. The van der Waals surface area contributed by atoms with Gasteiger partial charge in [0.15, 0.2) is 0 Å². The van der Waals surface area contributed by atoms with E-state index in [1.165, 1.54) is 54.9 Å². The van der Waals surface area contributed by atoms with Crippen molar-refractivity contribution in [1.82, 2.24) is 0 Å². The second-order valence-electron chi connectivity index (χ2n) is 18.7. The van der Waals surface area contributed by atoms with Crippen LogP contribution in [0.5, 0.6) is 0 Å². The van der Waals surface area contributed by atoms with Gasteiger partial charge < -0.3 is 9.31 Å². The number of benzene rings is 4. The number of hydrogen-bond acceptors (Lipinski definition) is 2. The lowest BCUT2D eigenvalue weighted by atomic mass is 9.69. The molecule has 1 fully saturated rings. The zero-order valence-corrected chi connectivity index (χ0v) is 31.1. The molecule has 4 aromatic rings. The minimum absolute atomic E-state index is 0.00199. The van der Waals surface area contributed by atoms with Gasteiger partial charge in [-0.3, -0.25) is 0 Å². The Morgan fingerprint density at radius 3 is 1.13 bits per heavy atom. The molecule has 5 rings (SSSR count). The van der Waals surface area contributed by atoms with Gasteiger partial charge in [-0.05, 0) is 122 Å². The number of rotatable bonds is 2. The largest absolute Gasteiger partial charge is 0.496 e. The van der Waals surface area contributed by atoms with E-state index in [2.05, 4.69) is 165 Å². The summed E-state index contributed by atoms with van der Waals surface area (Å²) < 4.78 is 13.6. The number of hydrogen-bond donors (Lipinski definition) is 0. The van der Waals surface area contributed by atoms with E-state index in [4.69, 9.17) is 9.31 Å². The first-order valence-corrected chi connectivity index (χ1v) is 16.9. The van der Waals surface area contributed by atoms with Crippen LogP contribution in [0.1, 0.15) is 133 Å². The molecule has 3 heteroatoms. The van der Waals surface area contributed by atoms with Crippen LogP contribution in [-0.4, -0.2) is 18.3 Å². The molecule has 0 spiro atoms. The lowest BCUT2D eigenvalue weighted by molar-refractivity contribution is 0.00578. The molecule has 0 bridgehead atoms. The molecule has 0 atom stereocenters. The topological polar surface area (TPSA) is 18.5 Å². The van der Waals surface area contributed by atoms with Crippen molar-refractivity contribution in [2.45, 2.75) is 144 Å². The summed E-state index contributed by atoms with van der Waals surface area (Å²) in [6.07, 6.45) is 0. The van der Waals surface area contributed by atoms with E-state index in [-0.39, 0.29) is 21.7 Å². The highest BCUT2D eigenvalue weighted by molar-refractivity contribution is 6.69. The molecule has 2 nitrogen and oxygen atoms in total. The monoisotopic (exact) mass is 604 g/mol. The van der Waals surface area contributed by atoms with Crippen LogP contribution in [0.4, 0.5) is 0 Å². The van der Waals surface area contributed by atoms with Crippen LogP contribution in [0.25, 0.3) is 32.7 Å². The summed E-state index contributed by atoms with van der Waals surface area (Å²) in [6, 6.07) is 21.5. The Hall–Kier alpha value is -2.62. The summed E-state index contributed by atoms with van der Waals surface area (Å²) in [6.45, 7) is 36.4. The van der Waals surface area contributed by atoms with Gasteiger partial charge in [0.1, 0.15) is 0 Å². The molecule has 1 aliphatic rings. The first kappa shape index (κ1) is 33.7. The third kappa shape index (κ3) is 6.12. The van der Waals surface area contributed by atoms with Crippen LogP contribution in [0.2, 0.25) is 0 Å². The zero-order chi connectivity index (χ0) is 33.7. The smallest absolute Gasteiger partial charge is 0.399 e. The molecule has 1 heterocycles. The van der Waals surface area contributed by atoms with E-state index >= 15 is 0 Å². The van der Waals surface area contributed by atoms with Crippen molar-refractivity contribution in [3.05, 3.63) is 76.9 Å². The maximum Gasteiger partial charge on any atom is 0.496 e. The van der Waals surface area contributed by atoms with Crippen molar-refractivity contribution in [3.63, 3.8) is 0 Å². The molecule has 1 saturated heterocycles. The molecule has 4 aromatic carbocycles. The average Bonchev–Trinajstić information content (AvgIpc) is 3.10. The Balaban J connectivity index is 2.02. The molecule has 0 N–H and O–H groups in total. The fraction of sp³-hybridized carbons (Fsp3) is 0.524. The van der Waals surface area contributed by atoms with Crippen LogP contribution in [0.15, 0.2) is 54.6 Å². The summed E-state index contributed by atoms with van der Waals surface area (Å²) >= 11 is 0. The maximum atomic E-state index is 6.81. The molecule has 0 amide bonds. The Labute approximate surface area is 274 Å². The van der Waals surface area contributed by atoms with E-state index in [9.17, 15) is 0 Å². The van der Waals surface area contributed by atoms with E-state index < -0.39 is 18.3 Å². The molecule has 0 aromatic heterocycles. The van der Waals surface area contributed by atoms with E-state index in [1.54, 1.807) is 0 Å². The zero-order valence-electron chi connectivity index (χ0n) is 31.1. The highest BCUT2D eigenvalue weighted by Gasteiger charge is 2.52. The lowest BCUT2D eigenvalue weighted by Crippen LogP contribution is -2.41. The molecule has 240 valence electrons. The molecule has 0 unspecified atom stereocenters. The van der Waals surface area contributed by atoms with Crippen molar-refractivity contribution in [3.8, 4) is 11.1 Å². The van der Waals surface area contributed by atoms with Crippen molar-refractivity contribution < 1.29 is 9.31 Å². The number of fused-ring (bicyclic) bond motifs is 2. The Morgan fingerprint density at radius 2 is 0.800 bits per heavy atom. The summed E-state index contributed by atoms with van der Waals surface area (Å²) in [5.41, 5.74) is 8.23. The normalized spacial score (nSPS) is 17.5. The van der Waals surface area contributed by atoms with E-state index in [1.807, 2.05) is 0 Å². The van der Waals surface area contributed by atoms with Crippen molar-refractivity contribution in [2.24, 2.45) is 0 Å². The fourth-order valence-corrected chi connectivity index (χ4v) is 6.36. The molecule has 0 aliphatic carbocycles. The van der Waals surface area contributed by atoms with Gasteiger partial charge in [0.05, 0.1) is 11.2 Å². The van der Waals surface area contributed by atoms with Crippen LogP contribution in [0, 0.1) is 0 Å². The van der Waals surface area contributed by atoms with Crippen LogP contribution in [-0.2, 0) is 31.0 Å². The van der Waals surface area contributed by atoms with Gasteiger partial charge in [-0.2, -0.15) is 0 Å². The van der Waals surface area contributed by atoms with Gasteiger partial charge in [0.2, 0.25) is 0 Å². The minimum atomic E-state index is -0.471. The van der Waals surface area contributed by atoms with Crippen LogP contribution < -0.4 is 5.46 Å². The standard InChI is InChI=1S/C42H57BO2/c1-37(2,3)27-17-19-31-33(24-27)35(26-21-29(39(7,8)9)23-30(22-26)40(10,11)12)34-25-28(38(4,5)6)18-20-32(34)36(31)43-44-41(13,14)42(15,16)45-43/h17-25H,1-16H3. The van der Waals surface area contributed by atoms with E-state index in [0.29, 0.717) is 0 Å². The summed E-state index contributed by atoms with van der Waals surface area (Å²) in [5.74, 6) is 0. The second-order valence-corrected chi connectivity index (χ2v) is 18.7. The third-order valence-corrected chi connectivity index (χ3v) is 10.3. The SMILES string of the molecule is CC(C)(C)c1cc(-c2c3cc(C(C)(C)C)ccc3c(B3OC(C)(C)C(C)(C)O3)c3ccc(C(C)(C)C)cc23)cc(C(C)(C)C)c1. The molecule has 45 heavy (non-hydrogen) atoms. The Morgan fingerprint density at radius 1 is 0.444 bits per heavy atom. The fourth-order valence-electron chi connectivity index (χ4n) is 6.36. The predicted molar refractivity (Wildman–Crippen MR) is 197 cm³/mol. The van der Waals surface area contributed by atoms with Gasteiger partial charge in [-0.15, -0.1) is 0 Å². The summed E-state index contributed by atoms with van der Waals surface area (Å²) in [4.78, 5) is 0. The highest BCUT2D eigenvalue weighted by Crippen LogP contribution is 2.44. The molecular formula is C42H57BO2. The van der Waals surface area contributed by atoms with Gasteiger partial charge in [0, 0.05) is 0 Å². The third-order valence-electron chi connectivity index (χ3n) is 10.3. The maximum absolute atomic E-state index is 6.81. The molecule has 0 saturated carbocycles. The Kier molecular flexibility index (Phi) is 7.83. The van der Waals surface area contributed by atoms with Crippen molar-refractivity contribution in [2.75, 3.05) is 0 Å². The van der Waals surface area contributed by atoms with Crippen LogP contribution in [0.3, 0.4) is 0 Å². The first-order chi connectivity index (χ1) is 20.3. The minimum Gasteiger partial charge on any atom is -0.399 e. The van der Waals surface area contributed by atoms with Gasteiger partial charge in [-0.25, -0.2) is 0 Å². The van der Waals surface area contributed by atoms with Gasteiger partial charge >= 0.3 is 7.12 Å².